The van der Waals surface area contributed by atoms with Crippen LogP contribution in [0.1, 0.15) is 55.8 Å². The maximum Gasteiger partial charge on any atom is 0.254 e. The van der Waals surface area contributed by atoms with Crippen molar-refractivity contribution in [3.05, 3.63) is 29.6 Å². The summed E-state index contributed by atoms with van der Waals surface area (Å²) in [5.41, 5.74) is -0.0243. The molecule has 0 aliphatic heterocycles. The zero-order valence-electron chi connectivity index (χ0n) is 11.4. The number of carbonyl (C=O) groups is 1. The van der Waals surface area contributed by atoms with Gasteiger partial charge in [0.15, 0.2) is 0 Å². The number of unbranched alkanes of at least 4 members (excludes halogenated alkanes) is 5. The molecule has 3 nitrogen and oxygen atoms in total. The predicted molar refractivity (Wildman–Crippen MR) is 73.8 cm³/mol. The summed E-state index contributed by atoms with van der Waals surface area (Å²) < 4.78 is 13.4. The molecule has 4 heteroatoms. The van der Waals surface area contributed by atoms with Crippen LogP contribution in [0, 0.1) is 5.82 Å². The lowest BCUT2D eigenvalue weighted by Crippen LogP contribution is -2.25. The van der Waals surface area contributed by atoms with Crippen molar-refractivity contribution < 1.29 is 14.3 Å². The first kappa shape index (κ1) is 15.5. The molecular formula is C15H22FNO2. The zero-order valence-corrected chi connectivity index (χ0v) is 11.4. The number of hydrogen-bond acceptors (Lipinski definition) is 2. The molecule has 0 atom stereocenters. The smallest absolute Gasteiger partial charge is 0.254 e. The molecule has 1 aromatic carbocycles. The summed E-state index contributed by atoms with van der Waals surface area (Å²) in [6.45, 7) is 2.73. The van der Waals surface area contributed by atoms with Gasteiger partial charge in [-0.05, 0) is 18.6 Å². The van der Waals surface area contributed by atoms with Gasteiger partial charge >= 0.3 is 0 Å². The van der Waals surface area contributed by atoms with E-state index < -0.39 is 11.7 Å². The van der Waals surface area contributed by atoms with Crippen molar-refractivity contribution in [1.82, 2.24) is 5.32 Å². The Kier molecular flexibility index (Phi) is 6.93. The molecule has 2 N–H and O–H groups in total. The summed E-state index contributed by atoms with van der Waals surface area (Å²) in [4.78, 5) is 11.7. The van der Waals surface area contributed by atoms with Crippen molar-refractivity contribution in [1.29, 1.82) is 0 Å². The third-order valence-electron chi connectivity index (χ3n) is 3.01. The quantitative estimate of drug-likeness (QED) is 0.707. The minimum absolute atomic E-state index is 0.0243. The van der Waals surface area contributed by atoms with Gasteiger partial charge in [0.25, 0.3) is 5.91 Å². The maximum atomic E-state index is 13.4. The highest BCUT2D eigenvalue weighted by molar-refractivity contribution is 5.94. The third-order valence-corrected chi connectivity index (χ3v) is 3.01. The second kappa shape index (κ2) is 8.51. The van der Waals surface area contributed by atoms with Gasteiger partial charge in [0.1, 0.15) is 11.6 Å². The first-order valence-electron chi connectivity index (χ1n) is 6.92. The molecule has 0 radical (unpaired) electrons. The van der Waals surface area contributed by atoms with E-state index in [1.807, 2.05) is 0 Å². The molecule has 1 aromatic rings. The van der Waals surface area contributed by atoms with Gasteiger partial charge in [0, 0.05) is 12.6 Å². The Bertz CT molecular complexity index is 407. The van der Waals surface area contributed by atoms with E-state index in [4.69, 9.17) is 5.11 Å². The molecule has 106 valence electrons. The maximum absolute atomic E-state index is 13.4. The molecule has 0 fully saturated rings. The van der Waals surface area contributed by atoms with Crippen molar-refractivity contribution in [2.75, 3.05) is 6.54 Å². The van der Waals surface area contributed by atoms with Crippen molar-refractivity contribution >= 4 is 5.91 Å². The van der Waals surface area contributed by atoms with E-state index in [1.54, 1.807) is 0 Å². The van der Waals surface area contributed by atoms with Gasteiger partial charge in [-0.2, -0.15) is 0 Å². The van der Waals surface area contributed by atoms with E-state index in [9.17, 15) is 9.18 Å². The molecule has 0 saturated heterocycles. The molecule has 1 rings (SSSR count). The molecule has 19 heavy (non-hydrogen) atoms. The Hall–Kier alpha value is -1.58. The molecule has 0 heterocycles. The third kappa shape index (κ3) is 5.73. The van der Waals surface area contributed by atoms with Crippen molar-refractivity contribution in [3.63, 3.8) is 0 Å². The van der Waals surface area contributed by atoms with Gasteiger partial charge in [-0.3, -0.25) is 4.79 Å². The van der Waals surface area contributed by atoms with Crippen molar-refractivity contribution in [3.8, 4) is 5.75 Å². The summed E-state index contributed by atoms with van der Waals surface area (Å²) >= 11 is 0. The van der Waals surface area contributed by atoms with E-state index in [2.05, 4.69) is 12.2 Å². The van der Waals surface area contributed by atoms with Crippen LogP contribution in [0.4, 0.5) is 4.39 Å². The Morgan fingerprint density at radius 2 is 1.89 bits per heavy atom. The van der Waals surface area contributed by atoms with E-state index in [1.165, 1.54) is 37.8 Å². The largest absolute Gasteiger partial charge is 0.508 e. The highest BCUT2D eigenvalue weighted by Crippen LogP contribution is 2.14. The fourth-order valence-electron chi connectivity index (χ4n) is 1.89. The van der Waals surface area contributed by atoms with Crippen LogP contribution in [0.15, 0.2) is 18.2 Å². The van der Waals surface area contributed by atoms with Crippen LogP contribution < -0.4 is 5.32 Å². The monoisotopic (exact) mass is 267 g/mol. The fraction of sp³-hybridized carbons (Fsp3) is 0.533. The Morgan fingerprint density at radius 3 is 2.58 bits per heavy atom. The Labute approximate surface area is 113 Å². The number of hydrogen-bond donors (Lipinski definition) is 2. The first-order valence-corrected chi connectivity index (χ1v) is 6.92. The van der Waals surface area contributed by atoms with Crippen LogP contribution in [0.2, 0.25) is 0 Å². The lowest BCUT2D eigenvalue weighted by atomic mass is 10.1. The SMILES string of the molecule is CCCCCCCCNC(=O)c1ccc(O)cc1F. The summed E-state index contributed by atoms with van der Waals surface area (Å²) in [7, 11) is 0. The van der Waals surface area contributed by atoms with Gasteiger partial charge in [0.05, 0.1) is 5.56 Å². The van der Waals surface area contributed by atoms with Gasteiger partial charge in [-0.1, -0.05) is 39.0 Å². The highest BCUT2D eigenvalue weighted by atomic mass is 19.1. The van der Waals surface area contributed by atoms with Crippen LogP contribution in [-0.4, -0.2) is 17.6 Å². The van der Waals surface area contributed by atoms with Gasteiger partial charge < -0.3 is 10.4 Å². The predicted octanol–water partition coefficient (Wildman–Crippen LogP) is 3.62. The first-order chi connectivity index (χ1) is 9.15. The average Bonchev–Trinajstić information content (AvgIpc) is 2.37. The normalized spacial score (nSPS) is 10.4. The molecule has 0 bridgehead atoms. The molecule has 0 saturated carbocycles. The Morgan fingerprint density at radius 1 is 1.21 bits per heavy atom. The minimum atomic E-state index is -0.694. The number of amides is 1. The molecular weight excluding hydrogens is 245 g/mol. The van der Waals surface area contributed by atoms with E-state index in [0.29, 0.717) is 6.54 Å². The van der Waals surface area contributed by atoms with Crippen LogP contribution >= 0.6 is 0 Å². The second-order valence-corrected chi connectivity index (χ2v) is 4.69. The number of halogens is 1. The van der Waals surface area contributed by atoms with Gasteiger partial charge in [-0.15, -0.1) is 0 Å². The molecule has 0 unspecified atom stereocenters. The molecule has 0 aromatic heterocycles. The number of rotatable bonds is 8. The summed E-state index contributed by atoms with van der Waals surface area (Å²) in [5.74, 6) is -1.29. The van der Waals surface area contributed by atoms with Gasteiger partial charge in [-0.25, -0.2) is 4.39 Å². The van der Waals surface area contributed by atoms with E-state index >= 15 is 0 Å². The molecule has 1 amide bonds. The standard InChI is InChI=1S/C15H22FNO2/c1-2-3-4-5-6-7-10-17-15(19)13-9-8-12(18)11-14(13)16/h8-9,11,18H,2-7,10H2,1H3,(H,17,19). The van der Waals surface area contributed by atoms with E-state index in [0.717, 1.165) is 18.9 Å². The second-order valence-electron chi connectivity index (χ2n) is 4.69. The average molecular weight is 267 g/mol. The topological polar surface area (TPSA) is 49.3 Å². The number of aromatic hydroxyl groups is 1. The number of nitrogens with one attached hydrogen (secondary N) is 1. The van der Waals surface area contributed by atoms with Crippen LogP contribution in [-0.2, 0) is 0 Å². The Balaban J connectivity index is 2.24. The van der Waals surface area contributed by atoms with Crippen LogP contribution in [0.25, 0.3) is 0 Å². The number of carbonyl (C=O) groups excluding carboxylic acids is 1. The van der Waals surface area contributed by atoms with Gasteiger partial charge in [0.2, 0.25) is 0 Å². The zero-order chi connectivity index (χ0) is 14.1. The molecule has 0 spiro atoms. The highest BCUT2D eigenvalue weighted by Gasteiger charge is 2.11. The summed E-state index contributed by atoms with van der Waals surface area (Å²) in [6, 6.07) is 3.55. The lowest BCUT2D eigenvalue weighted by Gasteiger charge is -2.06. The van der Waals surface area contributed by atoms with Crippen molar-refractivity contribution in [2.45, 2.75) is 45.4 Å². The molecule has 0 aliphatic rings. The lowest BCUT2D eigenvalue weighted by molar-refractivity contribution is 0.0949. The van der Waals surface area contributed by atoms with E-state index in [-0.39, 0.29) is 11.3 Å². The molecule has 0 aliphatic carbocycles. The fourth-order valence-corrected chi connectivity index (χ4v) is 1.89. The number of phenols is 1. The number of phenolic OH excluding ortho intramolecular Hbond substituents is 1. The minimum Gasteiger partial charge on any atom is -0.508 e. The van der Waals surface area contributed by atoms with Crippen LogP contribution in [0.5, 0.6) is 5.75 Å². The van der Waals surface area contributed by atoms with Crippen LogP contribution in [0.3, 0.4) is 0 Å². The summed E-state index contributed by atoms with van der Waals surface area (Å²) in [5, 5.41) is 11.8. The number of benzene rings is 1. The van der Waals surface area contributed by atoms with Crippen molar-refractivity contribution in [2.24, 2.45) is 0 Å². The summed E-state index contributed by atoms with van der Waals surface area (Å²) in [6.07, 6.45) is 6.88.